The van der Waals surface area contributed by atoms with Crippen molar-refractivity contribution in [3.8, 4) is 0 Å². The lowest BCUT2D eigenvalue weighted by Crippen LogP contribution is -2.52. The summed E-state index contributed by atoms with van der Waals surface area (Å²) in [7, 11) is -4.10. The minimum atomic E-state index is -4.10. The molecule has 0 fully saturated rings. The number of sulfonamides is 1. The van der Waals surface area contributed by atoms with E-state index in [-0.39, 0.29) is 23.3 Å². The second kappa shape index (κ2) is 14.5. The predicted octanol–water partition coefficient (Wildman–Crippen LogP) is 5.80. The first-order chi connectivity index (χ1) is 19.5. The first-order valence-electron chi connectivity index (χ1n) is 13.8. The zero-order chi connectivity index (χ0) is 30.2. The molecule has 0 heterocycles. The summed E-state index contributed by atoms with van der Waals surface area (Å²) in [6.45, 7) is 9.97. The third kappa shape index (κ3) is 8.36. The van der Waals surface area contributed by atoms with Crippen molar-refractivity contribution in [3.63, 3.8) is 0 Å². The molecule has 3 aromatic carbocycles. The Labute approximate surface area is 249 Å². The van der Waals surface area contributed by atoms with Crippen LogP contribution in [0.1, 0.15) is 43.9 Å². The number of carbonyl (C=O) groups excluding carboxylic acids is 2. The van der Waals surface area contributed by atoms with Gasteiger partial charge >= 0.3 is 0 Å². The Hall–Kier alpha value is -3.30. The van der Waals surface area contributed by atoms with Crippen LogP contribution in [0, 0.1) is 19.8 Å². The third-order valence-electron chi connectivity index (χ3n) is 6.92. The van der Waals surface area contributed by atoms with Crippen LogP contribution in [-0.4, -0.2) is 50.5 Å². The van der Waals surface area contributed by atoms with Gasteiger partial charge in [0.2, 0.25) is 11.8 Å². The SMILES string of the molecule is CCC(C(=O)NCC(C)C)N(Cc1ccccc1C)C(=O)CN(c1ccc(C)cc1)S(=O)(=O)c1ccc(SC)cc1. The number of thioether (sulfide) groups is 1. The van der Waals surface area contributed by atoms with Gasteiger partial charge in [-0.15, -0.1) is 11.8 Å². The molecule has 220 valence electrons. The van der Waals surface area contributed by atoms with E-state index in [0.29, 0.717) is 18.7 Å². The van der Waals surface area contributed by atoms with E-state index in [2.05, 4.69) is 5.32 Å². The van der Waals surface area contributed by atoms with E-state index in [4.69, 9.17) is 0 Å². The molecule has 3 rings (SSSR count). The van der Waals surface area contributed by atoms with Gasteiger partial charge in [0.05, 0.1) is 10.6 Å². The lowest BCUT2D eigenvalue weighted by Gasteiger charge is -2.33. The van der Waals surface area contributed by atoms with Crippen molar-refractivity contribution < 1.29 is 18.0 Å². The molecule has 0 saturated carbocycles. The van der Waals surface area contributed by atoms with Gasteiger partial charge in [0, 0.05) is 18.0 Å². The summed E-state index contributed by atoms with van der Waals surface area (Å²) in [5, 5.41) is 2.96. The Morgan fingerprint density at radius 1 is 0.927 bits per heavy atom. The van der Waals surface area contributed by atoms with Gasteiger partial charge in [-0.3, -0.25) is 13.9 Å². The fraction of sp³-hybridized carbons (Fsp3) is 0.375. The standard InChI is InChI=1S/C32H41N3O4S2/c1-7-30(32(37)33-20-23(2)3)34(21-26-11-9-8-10-25(26)5)31(36)22-35(27-14-12-24(4)13-15-27)41(38,39)29-18-16-28(40-6)17-19-29/h8-19,23,30H,7,20-22H2,1-6H3,(H,33,37). The zero-order valence-corrected chi connectivity index (χ0v) is 26.4. The number of carbonyl (C=O) groups is 2. The van der Waals surface area contributed by atoms with Gasteiger partial charge in [-0.05, 0) is 80.0 Å². The van der Waals surface area contributed by atoms with Gasteiger partial charge in [0.15, 0.2) is 0 Å². The van der Waals surface area contributed by atoms with Gasteiger partial charge in [0.25, 0.3) is 10.0 Å². The highest BCUT2D eigenvalue weighted by Gasteiger charge is 2.33. The quantitative estimate of drug-likeness (QED) is 0.253. The summed E-state index contributed by atoms with van der Waals surface area (Å²) < 4.78 is 29.2. The third-order valence-corrected chi connectivity index (χ3v) is 9.45. The maximum absolute atomic E-state index is 14.2. The molecule has 0 saturated heterocycles. The molecule has 1 N–H and O–H groups in total. The van der Waals surface area contributed by atoms with E-state index >= 15 is 0 Å². The predicted molar refractivity (Wildman–Crippen MR) is 168 cm³/mol. The molecular formula is C32H41N3O4S2. The Kier molecular flexibility index (Phi) is 11.4. The number of benzene rings is 3. The molecule has 3 aromatic rings. The molecule has 0 aromatic heterocycles. The Morgan fingerprint density at radius 3 is 2.12 bits per heavy atom. The highest BCUT2D eigenvalue weighted by molar-refractivity contribution is 7.98. The van der Waals surface area contributed by atoms with Gasteiger partial charge < -0.3 is 10.2 Å². The lowest BCUT2D eigenvalue weighted by molar-refractivity contribution is -0.140. The summed E-state index contributed by atoms with van der Waals surface area (Å²) >= 11 is 1.52. The lowest BCUT2D eigenvalue weighted by atomic mass is 10.1. The maximum Gasteiger partial charge on any atom is 0.264 e. The number of nitrogens with one attached hydrogen (secondary N) is 1. The van der Waals surface area contributed by atoms with E-state index in [1.54, 1.807) is 36.4 Å². The second-order valence-corrected chi connectivity index (χ2v) is 13.3. The monoisotopic (exact) mass is 595 g/mol. The van der Waals surface area contributed by atoms with Gasteiger partial charge in [-0.25, -0.2) is 8.42 Å². The molecule has 1 unspecified atom stereocenters. The molecule has 2 amide bonds. The molecule has 0 radical (unpaired) electrons. The first kappa shape index (κ1) is 32.2. The van der Waals surface area contributed by atoms with Crippen molar-refractivity contribution in [1.29, 1.82) is 0 Å². The van der Waals surface area contributed by atoms with Crippen molar-refractivity contribution in [2.24, 2.45) is 5.92 Å². The van der Waals surface area contributed by atoms with Crippen LogP contribution in [0.3, 0.4) is 0 Å². The molecular weight excluding hydrogens is 555 g/mol. The topological polar surface area (TPSA) is 86.8 Å². The summed E-state index contributed by atoms with van der Waals surface area (Å²) in [5.41, 5.74) is 3.23. The molecule has 0 bridgehead atoms. The van der Waals surface area contributed by atoms with E-state index in [1.807, 2.05) is 77.3 Å². The van der Waals surface area contributed by atoms with Crippen LogP contribution in [0.15, 0.2) is 82.6 Å². The summed E-state index contributed by atoms with van der Waals surface area (Å²) in [4.78, 5) is 30.0. The number of amides is 2. The molecule has 0 aliphatic carbocycles. The minimum absolute atomic E-state index is 0.0934. The number of hydrogen-bond donors (Lipinski definition) is 1. The van der Waals surface area contributed by atoms with Crippen molar-refractivity contribution in [1.82, 2.24) is 10.2 Å². The van der Waals surface area contributed by atoms with E-state index in [0.717, 1.165) is 25.9 Å². The molecule has 1 atom stereocenters. The molecule has 0 spiro atoms. The van der Waals surface area contributed by atoms with E-state index < -0.39 is 28.5 Å². The van der Waals surface area contributed by atoms with Crippen LogP contribution in [0.5, 0.6) is 0 Å². The highest BCUT2D eigenvalue weighted by atomic mass is 32.2. The van der Waals surface area contributed by atoms with Crippen LogP contribution >= 0.6 is 11.8 Å². The van der Waals surface area contributed by atoms with Crippen molar-refractivity contribution in [2.45, 2.75) is 63.4 Å². The normalized spacial score (nSPS) is 12.2. The molecule has 0 aliphatic rings. The van der Waals surface area contributed by atoms with Crippen LogP contribution in [0.25, 0.3) is 0 Å². The summed E-state index contributed by atoms with van der Waals surface area (Å²) in [6, 6.07) is 20.6. The number of hydrogen-bond acceptors (Lipinski definition) is 5. The van der Waals surface area contributed by atoms with Crippen LogP contribution in [0.2, 0.25) is 0 Å². The zero-order valence-electron chi connectivity index (χ0n) is 24.8. The average molecular weight is 596 g/mol. The van der Waals surface area contributed by atoms with E-state index in [9.17, 15) is 18.0 Å². The van der Waals surface area contributed by atoms with Crippen LogP contribution in [0.4, 0.5) is 5.69 Å². The van der Waals surface area contributed by atoms with Gasteiger partial charge in [-0.2, -0.15) is 0 Å². The Morgan fingerprint density at radius 2 is 1.56 bits per heavy atom. The molecule has 0 aliphatic heterocycles. The number of aryl methyl sites for hydroxylation is 2. The Bertz CT molecular complexity index is 1420. The summed E-state index contributed by atoms with van der Waals surface area (Å²) in [6.07, 6.45) is 2.31. The number of rotatable bonds is 13. The molecule has 7 nitrogen and oxygen atoms in total. The van der Waals surface area contributed by atoms with Crippen LogP contribution < -0.4 is 9.62 Å². The highest BCUT2D eigenvalue weighted by Crippen LogP contribution is 2.27. The molecule has 41 heavy (non-hydrogen) atoms. The Balaban J connectivity index is 2.05. The van der Waals surface area contributed by atoms with Crippen LogP contribution in [-0.2, 0) is 26.2 Å². The maximum atomic E-state index is 14.2. The van der Waals surface area contributed by atoms with E-state index in [1.165, 1.54) is 16.7 Å². The van der Waals surface area contributed by atoms with Crippen molar-refractivity contribution in [3.05, 3.63) is 89.5 Å². The second-order valence-electron chi connectivity index (χ2n) is 10.5. The smallest absolute Gasteiger partial charge is 0.264 e. The van der Waals surface area contributed by atoms with Gasteiger partial charge in [0.1, 0.15) is 12.6 Å². The fourth-order valence-corrected chi connectivity index (χ4v) is 6.25. The number of nitrogens with zero attached hydrogens (tertiary/aromatic N) is 2. The van der Waals surface area contributed by atoms with Crippen molar-refractivity contribution >= 4 is 39.3 Å². The largest absolute Gasteiger partial charge is 0.354 e. The fourth-order valence-electron chi connectivity index (χ4n) is 4.43. The molecule has 9 heteroatoms. The first-order valence-corrected chi connectivity index (χ1v) is 16.5. The number of anilines is 1. The average Bonchev–Trinajstić information content (AvgIpc) is 2.96. The van der Waals surface area contributed by atoms with Crippen molar-refractivity contribution in [2.75, 3.05) is 23.7 Å². The summed E-state index contributed by atoms with van der Waals surface area (Å²) in [5.74, 6) is -0.457. The van der Waals surface area contributed by atoms with Gasteiger partial charge in [-0.1, -0.05) is 62.7 Å². The minimum Gasteiger partial charge on any atom is -0.354 e.